The summed E-state index contributed by atoms with van der Waals surface area (Å²) in [5.41, 5.74) is 0.493. The predicted molar refractivity (Wildman–Crippen MR) is 73.8 cm³/mol. The highest BCUT2D eigenvalue weighted by atomic mass is 16.5. The molecule has 106 valence electrons. The van der Waals surface area contributed by atoms with Gasteiger partial charge >= 0.3 is 0 Å². The molecule has 0 aromatic carbocycles. The molecule has 2 saturated carbocycles. The van der Waals surface area contributed by atoms with Crippen molar-refractivity contribution in [2.45, 2.75) is 70.9 Å². The van der Waals surface area contributed by atoms with Gasteiger partial charge in [-0.2, -0.15) is 4.98 Å². The molecule has 0 amide bonds. The van der Waals surface area contributed by atoms with E-state index in [2.05, 4.69) is 35.9 Å². The van der Waals surface area contributed by atoms with Crippen molar-refractivity contribution in [1.29, 1.82) is 0 Å². The molecule has 1 atom stereocenters. The van der Waals surface area contributed by atoms with E-state index in [0.717, 1.165) is 18.3 Å². The lowest BCUT2D eigenvalue weighted by Gasteiger charge is -2.24. The van der Waals surface area contributed by atoms with E-state index in [1.807, 2.05) is 0 Å². The highest BCUT2D eigenvalue weighted by Gasteiger charge is 2.33. The molecule has 0 N–H and O–H groups in total. The molecule has 0 saturated heterocycles. The average Bonchev–Trinajstić information content (AvgIpc) is 2.83. The van der Waals surface area contributed by atoms with Gasteiger partial charge in [0.1, 0.15) is 0 Å². The van der Waals surface area contributed by atoms with Crippen LogP contribution >= 0.6 is 0 Å². The van der Waals surface area contributed by atoms with Gasteiger partial charge in [-0.3, -0.25) is 4.90 Å². The average molecular weight is 263 g/mol. The summed E-state index contributed by atoms with van der Waals surface area (Å²) in [6, 6.07) is 0.667. The second kappa shape index (κ2) is 4.89. The van der Waals surface area contributed by atoms with Crippen LogP contribution in [0.5, 0.6) is 0 Å². The third kappa shape index (κ3) is 2.83. The summed E-state index contributed by atoms with van der Waals surface area (Å²) >= 11 is 0. The van der Waals surface area contributed by atoms with E-state index < -0.39 is 0 Å². The minimum absolute atomic E-state index is 0.493. The number of aromatic nitrogens is 2. The van der Waals surface area contributed by atoms with E-state index >= 15 is 0 Å². The Labute approximate surface area is 115 Å². The summed E-state index contributed by atoms with van der Waals surface area (Å²) in [5.74, 6) is 2.26. The monoisotopic (exact) mass is 263 g/mol. The van der Waals surface area contributed by atoms with Crippen LogP contribution in [-0.4, -0.2) is 28.1 Å². The van der Waals surface area contributed by atoms with Crippen molar-refractivity contribution in [1.82, 2.24) is 15.0 Å². The fraction of sp³-hybridized carbons (Fsp3) is 0.867. The van der Waals surface area contributed by atoms with Gasteiger partial charge in [0.25, 0.3) is 0 Å². The van der Waals surface area contributed by atoms with Crippen LogP contribution < -0.4 is 0 Å². The van der Waals surface area contributed by atoms with Gasteiger partial charge in [-0.05, 0) is 44.6 Å². The van der Waals surface area contributed by atoms with Crippen LogP contribution in [0.3, 0.4) is 0 Å². The lowest BCUT2D eigenvalue weighted by molar-refractivity contribution is 0.212. The van der Waals surface area contributed by atoms with Gasteiger partial charge in [-0.25, -0.2) is 0 Å². The number of nitrogens with zero attached hydrogens (tertiary/aromatic N) is 3. The molecule has 1 unspecified atom stereocenters. The molecule has 0 radical (unpaired) electrons. The largest absolute Gasteiger partial charge is 0.339 e. The Morgan fingerprint density at radius 3 is 2.68 bits per heavy atom. The first kappa shape index (κ1) is 13.1. The molecular formula is C15H25N3O. The topological polar surface area (TPSA) is 42.2 Å². The Hall–Kier alpha value is -0.900. The zero-order chi connectivity index (χ0) is 13.5. The summed E-state index contributed by atoms with van der Waals surface area (Å²) < 4.78 is 5.39. The lowest BCUT2D eigenvalue weighted by Crippen LogP contribution is -2.30. The summed E-state index contributed by atoms with van der Waals surface area (Å²) in [5, 5.41) is 4.14. The normalized spacial score (nSPS) is 26.8. The third-order valence-electron chi connectivity index (χ3n) is 4.89. The summed E-state index contributed by atoms with van der Waals surface area (Å²) in [6.45, 7) is 5.55. The van der Waals surface area contributed by atoms with Gasteiger partial charge in [-0.1, -0.05) is 25.4 Å². The maximum absolute atomic E-state index is 5.39. The van der Waals surface area contributed by atoms with Gasteiger partial charge in [0.2, 0.25) is 5.89 Å². The van der Waals surface area contributed by atoms with E-state index in [9.17, 15) is 0 Å². The standard InChI is InChI=1S/C15H25N3O/c1-15(2)8-7-12(9-15)18(3)10-13-16-14(19-17-13)11-5-4-6-11/h11-12H,4-10H2,1-3H3. The Kier molecular flexibility index (Phi) is 3.37. The second-order valence-corrected chi connectivity index (χ2v) is 7.15. The summed E-state index contributed by atoms with van der Waals surface area (Å²) in [6.07, 6.45) is 7.62. The molecule has 2 fully saturated rings. The third-order valence-corrected chi connectivity index (χ3v) is 4.89. The van der Waals surface area contributed by atoms with Crippen molar-refractivity contribution in [3.05, 3.63) is 11.7 Å². The van der Waals surface area contributed by atoms with E-state index in [-0.39, 0.29) is 0 Å². The summed E-state index contributed by atoms with van der Waals surface area (Å²) in [4.78, 5) is 6.95. The first-order chi connectivity index (χ1) is 9.03. The molecule has 19 heavy (non-hydrogen) atoms. The maximum atomic E-state index is 5.39. The first-order valence-corrected chi connectivity index (χ1v) is 7.56. The van der Waals surface area contributed by atoms with Crippen molar-refractivity contribution < 1.29 is 4.52 Å². The van der Waals surface area contributed by atoms with Crippen molar-refractivity contribution in [2.75, 3.05) is 7.05 Å². The number of rotatable bonds is 4. The molecule has 1 aromatic heterocycles. The highest BCUT2D eigenvalue weighted by Crippen LogP contribution is 2.39. The minimum atomic E-state index is 0.493. The van der Waals surface area contributed by atoms with E-state index in [1.54, 1.807) is 0 Å². The fourth-order valence-electron chi connectivity index (χ4n) is 3.28. The first-order valence-electron chi connectivity index (χ1n) is 7.56. The van der Waals surface area contributed by atoms with Crippen LogP contribution in [0, 0.1) is 5.41 Å². The van der Waals surface area contributed by atoms with Gasteiger partial charge in [0.15, 0.2) is 5.82 Å². The van der Waals surface area contributed by atoms with E-state index in [0.29, 0.717) is 17.4 Å². The zero-order valence-corrected chi connectivity index (χ0v) is 12.4. The molecule has 4 nitrogen and oxygen atoms in total. The quantitative estimate of drug-likeness (QED) is 0.835. The minimum Gasteiger partial charge on any atom is -0.339 e. The Morgan fingerprint density at radius 2 is 2.11 bits per heavy atom. The van der Waals surface area contributed by atoms with Gasteiger partial charge in [0.05, 0.1) is 6.54 Å². The van der Waals surface area contributed by atoms with Crippen LogP contribution in [0.4, 0.5) is 0 Å². The maximum Gasteiger partial charge on any atom is 0.229 e. The van der Waals surface area contributed by atoms with Crippen LogP contribution in [0.25, 0.3) is 0 Å². The molecule has 3 rings (SSSR count). The van der Waals surface area contributed by atoms with Crippen molar-refractivity contribution in [2.24, 2.45) is 5.41 Å². The Balaban J connectivity index is 1.57. The SMILES string of the molecule is CN(Cc1noc(C2CCC2)n1)C1CCC(C)(C)C1. The fourth-order valence-corrected chi connectivity index (χ4v) is 3.28. The molecule has 1 aromatic rings. The number of hydrogen-bond donors (Lipinski definition) is 0. The van der Waals surface area contributed by atoms with Crippen LogP contribution in [0.15, 0.2) is 4.52 Å². The van der Waals surface area contributed by atoms with Crippen molar-refractivity contribution in [3.63, 3.8) is 0 Å². The molecule has 2 aliphatic rings. The lowest BCUT2D eigenvalue weighted by atomic mass is 9.85. The molecule has 4 heteroatoms. The van der Waals surface area contributed by atoms with Crippen molar-refractivity contribution in [3.8, 4) is 0 Å². The Bertz CT molecular complexity index is 436. The predicted octanol–water partition coefficient (Wildman–Crippen LogP) is 3.35. The van der Waals surface area contributed by atoms with Gasteiger partial charge in [-0.15, -0.1) is 0 Å². The second-order valence-electron chi connectivity index (χ2n) is 7.15. The number of hydrogen-bond acceptors (Lipinski definition) is 4. The highest BCUT2D eigenvalue weighted by molar-refractivity contribution is 4.98. The zero-order valence-electron chi connectivity index (χ0n) is 12.4. The van der Waals surface area contributed by atoms with Crippen LogP contribution in [0.1, 0.15) is 70.0 Å². The van der Waals surface area contributed by atoms with E-state index in [1.165, 1.54) is 38.5 Å². The molecular weight excluding hydrogens is 238 g/mol. The van der Waals surface area contributed by atoms with Crippen LogP contribution in [-0.2, 0) is 6.54 Å². The van der Waals surface area contributed by atoms with Gasteiger partial charge in [0, 0.05) is 12.0 Å². The molecule has 0 spiro atoms. The smallest absolute Gasteiger partial charge is 0.229 e. The van der Waals surface area contributed by atoms with Crippen molar-refractivity contribution >= 4 is 0 Å². The molecule has 2 aliphatic carbocycles. The van der Waals surface area contributed by atoms with E-state index in [4.69, 9.17) is 4.52 Å². The Morgan fingerprint density at radius 1 is 1.32 bits per heavy atom. The van der Waals surface area contributed by atoms with Gasteiger partial charge < -0.3 is 4.52 Å². The molecule has 0 bridgehead atoms. The van der Waals surface area contributed by atoms with Crippen LogP contribution in [0.2, 0.25) is 0 Å². The molecule has 1 heterocycles. The molecule has 0 aliphatic heterocycles. The summed E-state index contributed by atoms with van der Waals surface area (Å²) in [7, 11) is 2.19.